The van der Waals surface area contributed by atoms with Crippen LogP contribution in [0.3, 0.4) is 0 Å². The third-order valence-electron chi connectivity index (χ3n) is 8.76. The van der Waals surface area contributed by atoms with E-state index in [1.54, 1.807) is 0 Å². The van der Waals surface area contributed by atoms with Crippen LogP contribution in [-0.4, -0.2) is 77.0 Å². The Morgan fingerprint density at radius 1 is 0.561 bits per heavy atom. The minimum atomic E-state index is 0.302. The number of nitrogens with zero attached hydrogens (tertiary/aromatic N) is 2. The summed E-state index contributed by atoms with van der Waals surface area (Å²) in [5.74, 6) is 0. The lowest BCUT2D eigenvalue weighted by atomic mass is 9.91. The first kappa shape index (κ1) is 29.5. The molecular weight excluding hydrogens is 559 g/mol. The van der Waals surface area contributed by atoms with E-state index in [1.165, 1.54) is 33.6 Å². The van der Waals surface area contributed by atoms with Gasteiger partial charge in [-0.15, -0.1) is 0 Å². The zero-order valence-corrected chi connectivity index (χ0v) is 26.5. The average molecular weight is 604 g/mol. The Bertz CT molecular complexity index is 1130. The molecule has 4 heterocycles. The Morgan fingerprint density at radius 3 is 1.12 bits per heavy atom. The number of rotatable bonds is 16. The third-order valence-corrected chi connectivity index (χ3v) is 9.70. The molecule has 0 radical (unpaired) electrons. The lowest BCUT2D eigenvalue weighted by Crippen LogP contribution is -2.33. The molecule has 4 atom stereocenters. The van der Waals surface area contributed by atoms with E-state index < -0.39 is 0 Å². The van der Waals surface area contributed by atoms with Crippen LogP contribution >= 0.6 is 23.2 Å². The molecule has 4 fully saturated rings. The molecule has 4 aliphatic heterocycles. The summed E-state index contributed by atoms with van der Waals surface area (Å²) in [7, 11) is 0. The van der Waals surface area contributed by atoms with Crippen molar-refractivity contribution in [1.82, 2.24) is 0 Å². The maximum absolute atomic E-state index is 7.28. The Hall–Kier alpha value is -1.54. The first-order chi connectivity index (χ1) is 19.9. The Balaban J connectivity index is 1.36. The molecule has 4 unspecified atom stereocenters. The van der Waals surface area contributed by atoms with Crippen molar-refractivity contribution in [2.75, 3.05) is 62.4 Å². The van der Waals surface area contributed by atoms with Gasteiger partial charge in [0, 0.05) is 54.0 Å². The van der Waals surface area contributed by atoms with Crippen LogP contribution in [0.5, 0.6) is 0 Å². The molecule has 0 spiro atoms. The molecule has 0 N–H and O–H groups in total. The van der Waals surface area contributed by atoms with Crippen LogP contribution in [0.25, 0.3) is 0 Å². The van der Waals surface area contributed by atoms with Crippen LogP contribution < -0.4 is 9.80 Å². The number of epoxide rings is 4. The molecule has 41 heavy (non-hydrogen) atoms. The standard InChI is InChI=1S/C33H44Cl2N2O4/c1-5-20-9-22(30(34)28(7-3)32(20)36(12-24-16-38-24)13-25-17-39-25)11-23-10-21(6-2)33(29(8-4)31(23)35)37(14-26-18-40-26)15-27-19-41-27/h9-10,24-27H,5-8,11-19H2,1-4H3. The number of hydrogen-bond donors (Lipinski definition) is 0. The highest BCUT2D eigenvalue weighted by molar-refractivity contribution is 6.33. The quantitative estimate of drug-likeness (QED) is 0.218. The van der Waals surface area contributed by atoms with Crippen molar-refractivity contribution in [3.63, 3.8) is 0 Å². The monoisotopic (exact) mass is 602 g/mol. The summed E-state index contributed by atoms with van der Waals surface area (Å²) in [6.07, 6.45) is 5.55. The first-order valence-corrected chi connectivity index (χ1v) is 16.3. The topological polar surface area (TPSA) is 56.6 Å². The molecule has 8 heteroatoms. The van der Waals surface area contributed by atoms with Gasteiger partial charge in [0.15, 0.2) is 0 Å². The van der Waals surface area contributed by atoms with Crippen molar-refractivity contribution in [3.05, 3.63) is 55.6 Å². The van der Waals surface area contributed by atoms with E-state index in [1.807, 2.05) is 0 Å². The van der Waals surface area contributed by atoms with Gasteiger partial charge >= 0.3 is 0 Å². The Kier molecular flexibility index (Phi) is 9.07. The first-order valence-electron chi connectivity index (χ1n) is 15.6. The van der Waals surface area contributed by atoms with Crippen LogP contribution in [0, 0.1) is 0 Å². The highest BCUT2D eigenvalue weighted by Gasteiger charge is 2.35. The summed E-state index contributed by atoms with van der Waals surface area (Å²) < 4.78 is 22.5. The average Bonchev–Trinajstić information content (AvgIpc) is 3.77. The van der Waals surface area contributed by atoms with Gasteiger partial charge < -0.3 is 28.7 Å². The maximum Gasteiger partial charge on any atom is 0.0984 e. The van der Waals surface area contributed by atoms with E-state index in [0.29, 0.717) is 30.8 Å². The van der Waals surface area contributed by atoms with E-state index in [-0.39, 0.29) is 0 Å². The molecule has 2 aromatic carbocycles. The molecular formula is C33H44Cl2N2O4. The summed E-state index contributed by atoms with van der Waals surface area (Å²) >= 11 is 14.6. The van der Waals surface area contributed by atoms with Crippen molar-refractivity contribution in [2.24, 2.45) is 0 Å². The van der Waals surface area contributed by atoms with Gasteiger partial charge in [0.05, 0.1) is 50.8 Å². The molecule has 6 rings (SSSR count). The molecule has 6 nitrogen and oxygen atoms in total. The van der Waals surface area contributed by atoms with E-state index in [9.17, 15) is 0 Å². The highest BCUT2D eigenvalue weighted by Crippen LogP contribution is 2.41. The summed E-state index contributed by atoms with van der Waals surface area (Å²) in [5, 5.41) is 1.74. The zero-order chi connectivity index (χ0) is 28.7. The second-order valence-electron chi connectivity index (χ2n) is 11.9. The number of benzene rings is 2. The minimum absolute atomic E-state index is 0.302. The van der Waals surface area contributed by atoms with E-state index >= 15 is 0 Å². The number of ether oxygens (including phenoxy) is 4. The van der Waals surface area contributed by atoms with Crippen molar-refractivity contribution >= 4 is 34.6 Å². The normalized spacial score (nSPS) is 24.0. The lowest BCUT2D eigenvalue weighted by Gasteiger charge is -2.31. The number of halogens is 2. The van der Waals surface area contributed by atoms with E-state index in [4.69, 9.17) is 42.1 Å². The maximum atomic E-state index is 7.28. The van der Waals surface area contributed by atoms with E-state index in [0.717, 1.165) is 99.5 Å². The molecule has 4 aliphatic rings. The second kappa shape index (κ2) is 12.6. The Morgan fingerprint density at radius 2 is 0.878 bits per heavy atom. The number of anilines is 2. The van der Waals surface area contributed by atoms with Crippen molar-refractivity contribution in [3.8, 4) is 0 Å². The largest absolute Gasteiger partial charge is 0.371 e. The molecule has 2 aromatic rings. The van der Waals surface area contributed by atoms with Crippen LogP contribution in [0.2, 0.25) is 10.0 Å². The fraction of sp³-hybridized carbons (Fsp3) is 0.636. The van der Waals surface area contributed by atoms with Crippen LogP contribution in [0.15, 0.2) is 12.1 Å². The summed E-state index contributed by atoms with van der Waals surface area (Å²) in [6, 6.07) is 4.65. The highest BCUT2D eigenvalue weighted by atomic mass is 35.5. The van der Waals surface area contributed by atoms with Crippen molar-refractivity contribution in [1.29, 1.82) is 0 Å². The van der Waals surface area contributed by atoms with Gasteiger partial charge in [0.1, 0.15) is 0 Å². The van der Waals surface area contributed by atoms with Gasteiger partial charge in [-0.2, -0.15) is 0 Å². The lowest BCUT2D eigenvalue weighted by molar-refractivity contribution is 0.388. The zero-order valence-electron chi connectivity index (χ0n) is 24.9. The third kappa shape index (κ3) is 6.84. The number of hydrogen-bond acceptors (Lipinski definition) is 6. The second-order valence-corrected chi connectivity index (χ2v) is 12.7. The van der Waals surface area contributed by atoms with Gasteiger partial charge in [-0.25, -0.2) is 0 Å². The molecule has 0 aromatic heterocycles. The smallest absolute Gasteiger partial charge is 0.0984 e. The summed E-state index contributed by atoms with van der Waals surface area (Å²) in [4.78, 5) is 4.94. The number of aryl methyl sites for hydroxylation is 2. The molecule has 0 amide bonds. The van der Waals surface area contributed by atoms with E-state index in [2.05, 4.69) is 49.6 Å². The Labute approximate surface area is 255 Å². The van der Waals surface area contributed by atoms with Crippen LogP contribution in [0.4, 0.5) is 11.4 Å². The van der Waals surface area contributed by atoms with Gasteiger partial charge in [-0.05, 0) is 59.1 Å². The fourth-order valence-corrected chi connectivity index (χ4v) is 6.98. The molecule has 4 saturated heterocycles. The van der Waals surface area contributed by atoms with Gasteiger partial charge in [-0.1, -0.05) is 63.0 Å². The minimum Gasteiger partial charge on any atom is -0.371 e. The van der Waals surface area contributed by atoms with Crippen molar-refractivity contribution in [2.45, 2.75) is 84.2 Å². The van der Waals surface area contributed by atoms with Gasteiger partial charge in [0.2, 0.25) is 0 Å². The molecule has 0 saturated carbocycles. The molecule has 0 aliphatic carbocycles. The molecule has 0 bridgehead atoms. The van der Waals surface area contributed by atoms with Crippen molar-refractivity contribution < 1.29 is 18.9 Å². The van der Waals surface area contributed by atoms with Crippen LogP contribution in [-0.2, 0) is 51.1 Å². The SMILES string of the molecule is CCc1cc(Cc2cc(CC)c(N(CC3CO3)CC3CO3)c(CC)c2Cl)c(Cl)c(CC)c1N(CC1CO1)CC1CO1. The van der Waals surface area contributed by atoms with Gasteiger partial charge in [0.25, 0.3) is 0 Å². The van der Waals surface area contributed by atoms with Gasteiger partial charge in [-0.3, -0.25) is 0 Å². The van der Waals surface area contributed by atoms with Crippen LogP contribution in [0.1, 0.15) is 61.1 Å². The summed E-state index contributed by atoms with van der Waals surface area (Å²) in [5.41, 5.74) is 9.98. The molecule has 224 valence electrons. The predicted molar refractivity (Wildman–Crippen MR) is 167 cm³/mol. The summed E-state index contributed by atoms with van der Waals surface area (Å²) in [6.45, 7) is 15.8. The fourth-order valence-electron chi connectivity index (χ4n) is 6.29. The predicted octanol–water partition coefficient (Wildman–Crippen LogP) is 6.04.